The number of hydrogen-bond donors (Lipinski definition) is 1. The summed E-state index contributed by atoms with van der Waals surface area (Å²) in [5, 5.41) is 0. The summed E-state index contributed by atoms with van der Waals surface area (Å²) >= 11 is 0. The Labute approximate surface area is 66.4 Å². The van der Waals surface area contributed by atoms with E-state index in [9.17, 15) is 0 Å². The lowest BCUT2D eigenvalue weighted by molar-refractivity contribution is 0.345. The van der Waals surface area contributed by atoms with Gasteiger partial charge in [-0.2, -0.15) is 0 Å². The van der Waals surface area contributed by atoms with Crippen LogP contribution < -0.4 is 5.73 Å². The molecule has 0 aromatic rings. The van der Waals surface area contributed by atoms with Crippen molar-refractivity contribution in [2.45, 2.75) is 32.7 Å². The molecule has 0 aromatic carbocycles. The van der Waals surface area contributed by atoms with Gasteiger partial charge in [-0.15, -0.1) is 0 Å². The standard InChI is InChI=1S/C5H13N2P.C2H6/c6-5-1-3-7(8)4-2-5;1-2/h5H,1-4,6,8H2;1-2H3. The van der Waals surface area contributed by atoms with Crippen molar-refractivity contribution >= 4 is 9.39 Å². The molecule has 1 aliphatic heterocycles. The Bertz CT molecular complexity index is 60.0. The zero-order valence-corrected chi connectivity index (χ0v) is 8.16. The Morgan fingerprint density at radius 1 is 1.30 bits per heavy atom. The fourth-order valence-electron chi connectivity index (χ4n) is 0.919. The molecule has 0 aromatic heterocycles. The molecular formula is C7H19N2P. The van der Waals surface area contributed by atoms with Gasteiger partial charge in [-0.1, -0.05) is 23.2 Å². The van der Waals surface area contributed by atoms with Crippen molar-refractivity contribution in [2.75, 3.05) is 13.1 Å². The second-order valence-corrected chi connectivity index (χ2v) is 3.10. The minimum absolute atomic E-state index is 0.465. The molecule has 1 atom stereocenters. The summed E-state index contributed by atoms with van der Waals surface area (Å²) in [7, 11) is 2.70. The highest BCUT2D eigenvalue weighted by molar-refractivity contribution is 7.13. The van der Waals surface area contributed by atoms with Crippen LogP contribution in [0.1, 0.15) is 26.7 Å². The summed E-state index contributed by atoms with van der Waals surface area (Å²) in [6, 6.07) is 0.465. The van der Waals surface area contributed by atoms with Gasteiger partial charge in [0.15, 0.2) is 0 Å². The Morgan fingerprint density at radius 2 is 1.70 bits per heavy atom. The fraction of sp³-hybridized carbons (Fsp3) is 1.00. The van der Waals surface area contributed by atoms with E-state index in [1.165, 1.54) is 0 Å². The summed E-state index contributed by atoms with van der Waals surface area (Å²) in [5.74, 6) is 0. The van der Waals surface area contributed by atoms with Crippen molar-refractivity contribution in [2.24, 2.45) is 5.73 Å². The van der Waals surface area contributed by atoms with Crippen LogP contribution in [0.2, 0.25) is 0 Å². The number of nitrogens with zero attached hydrogens (tertiary/aromatic N) is 1. The van der Waals surface area contributed by atoms with Gasteiger partial charge >= 0.3 is 0 Å². The quantitative estimate of drug-likeness (QED) is 0.543. The monoisotopic (exact) mass is 162 g/mol. The normalized spacial score (nSPS) is 21.6. The zero-order valence-electron chi connectivity index (χ0n) is 7.01. The van der Waals surface area contributed by atoms with Crippen molar-refractivity contribution in [3.05, 3.63) is 0 Å². The highest BCUT2D eigenvalue weighted by Crippen LogP contribution is 2.10. The van der Waals surface area contributed by atoms with Gasteiger partial charge in [-0.05, 0) is 12.8 Å². The molecule has 1 unspecified atom stereocenters. The average Bonchev–Trinajstić information content (AvgIpc) is 2.00. The van der Waals surface area contributed by atoms with E-state index in [1.54, 1.807) is 0 Å². The molecule has 2 nitrogen and oxygen atoms in total. The molecule has 0 saturated carbocycles. The van der Waals surface area contributed by atoms with E-state index in [2.05, 4.69) is 14.1 Å². The lowest BCUT2D eigenvalue weighted by Gasteiger charge is -2.25. The Hall–Kier alpha value is 0.350. The third kappa shape index (κ3) is 4.21. The van der Waals surface area contributed by atoms with Crippen LogP contribution in [0.4, 0.5) is 0 Å². The largest absolute Gasteiger partial charge is 0.328 e. The second kappa shape index (κ2) is 6.09. The van der Waals surface area contributed by atoms with Gasteiger partial charge in [-0.25, -0.2) is 0 Å². The van der Waals surface area contributed by atoms with Crippen molar-refractivity contribution in [3.63, 3.8) is 0 Å². The first-order valence-corrected chi connectivity index (χ1v) is 4.56. The summed E-state index contributed by atoms with van der Waals surface area (Å²) in [5.41, 5.74) is 5.66. The molecule has 3 heteroatoms. The molecule has 1 fully saturated rings. The third-order valence-electron chi connectivity index (χ3n) is 1.57. The van der Waals surface area contributed by atoms with Gasteiger partial charge < -0.3 is 5.73 Å². The topological polar surface area (TPSA) is 29.3 Å². The number of hydrogen-bond acceptors (Lipinski definition) is 2. The van der Waals surface area contributed by atoms with E-state index in [1.807, 2.05) is 13.8 Å². The predicted octanol–water partition coefficient (Wildman–Crippen LogP) is 1.23. The van der Waals surface area contributed by atoms with Gasteiger partial charge in [0.1, 0.15) is 0 Å². The van der Waals surface area contributed by atoms with Crippen LogP contribution in [-0.4, -0.2) is 23.8 Å². The first-order valence-electron chi connectivity index (χ1n) is 4.04. The van der Waals surface area contributed by atoms with Crippen molar-refractivity contribution < 1.29 is 0 Å². The molecule has 0 amide bonds. The molecule has 0 bridgehead atoms. The molecule has 0 radical (unpaired) electrons. The summed E-state index contributed by atoms with van der Waals surface area (Å²) in [6.45, 7) is 6.29. The molecule has 62 valence electrons. The van der Waals surface area contributed by atoms with E-state index in [0.717, 1.165) is 25.9 Å². The maximum absolute atomic E-state index is 5.66. The van der Waals surface area contributed by atoms with Gasteiger partial charge in [0, 0.05) is 19.1 Å². The van der Waals surface area contributed by atoms with Crippen LogP contribution in [0.5, 0.6) is 0 Å². The van der Waals surface area contributed by atoms with Crippen LogP contribution in [-0.2, 0) is 0 Å². The molecule has 10 heavy (non-hydrogen) atoms. The third-order valence-corrected chi connectivity index (χ3v) is 2.09. The van der Waals surface area contributed by atoms with E-state index in [-0.39, 0.29) is 0 Å². The van der Waals surface area contributed by atoms with Gasteiger partial charge in [0.25, 0.3) is 0 Å². The predicted molar refractivity (Wildman–Crippen MR) is 49.8 cm³/mol. The molecule has 1 aliphatic rings. The molecule has 0 spiro atoms. The SMILES string of the molecule is CC.NC1CCN(P)CC1. The van der Waals surface area contributed by atoms with Crippen LogP contribution in [0, 0.1) is 0 Å². The second-order valence-electron chi connectivity index (χ2n) is 2.37. The van der Waals surface area contributed by atoms with Crippen LogP contribution in [0.25, 0.3) is 0 Å². The van der Waals surface area contributed by atoms with Crippen molar-refractivity contribution in [1.29, 1.82) is 0 Å². The zero-order chi connectivity index (χ0) is 7.98. The van der Waals surface area contributed by atoms with E-state index >= 15 is 0 Å². The van der Waals surface area contributed by atoms with E-state index in [4.69, 9.17) is 5.73 Å². The lowest BCUT2D eigenvalue weighted by Crippen LogP contribution is -2.34. The van der Waals surface area contributed by atoms with Crippen molar-refractivity contribution in [3.8, 4) is 0 Å². The smallest absolute Gasteiger partial charge is 0.00634 e. The summed E-state index contributed by atoms with van der Waals surface area (Å²) < 4.78 is 2.24. The minimum Gasteiger partial charge on any atom is -0.328 e. The number of piperidine rings is 1. The lowest BCUT2D eigenvalue weighted by atomic mass is 10.1. The number of rotatable bonds is 0. The summed E-state index contributed by atoms with van der Waals surface area (Å²) in [6.07, 6.45) is 2.31. The van der Waals surface area contributed by atoms with Crippen LogP contribution in [0.3, 0.4) is 0 Å². The van der Waals surface area contributed by atoms with E-state index in [0.29, 0.717) is 6.04 Å². The van der Waals surface area contributed by atoms with Crippen LogP contribution in [0.15, 0.2) is 0 Å². The van der Waals surface area contributed by atoms with Gasteiger partial charge in [0.05, 0.1) is 0 Å². The highest BCUT2D eigenvalue weighted by Gasteiger charge is 2.11. The Balaban J connectivity index is 0.000000371. The van der Waals surface area contributed by atoms with Crippen LogP contribution >= 0.6 is 9.39 Å². The van der Waals surface area contributed by atoms with Gasteiger partial charge in [-0.3, -0.25) is 4.67 Å². The fourth-order valence-corrected chi connectivity index (χ4v) is 1.22. The Morgan fingerprint density at radius 3 is 2.00 bits per heavy atom. The number of nitrogens with two attached hydrogens (primary N) is 1. The maximum atomic E-state index is 5.66. The van der Waals surface area contributed by atoms with Gasteiger partial charge in [0.2, 0.25) is 0 Å². The maximum Gasteiger partial charge on any atom is 0.00634 e. The molecule has 1 saturated heterocycles. The summed E-state index contributed by atoms with van der Waals surface area (Å²) in [4.78, 5) is 0. The highest BCUT2D eigenvalue weighted by atomic mass is 31.0. The van der Waals surface area contributed by atoms with Crippen molar-refractivity contribution in [1.82, 2.24) is 4.67 Å². The molecule has 0 aliphatic carbocycles. The molecule has 2 N–H and O–H groups in total. The first-order chi connectivity index (χ1) is 4.79. The molecule has 1 heterocycles. The first kappa shape index (κ1) is 10.3. The molecule has 1 rings (SSSR count). The van der Waals surface area contributed by atoms with E-state index < -0.39 is 0 Å². The molecular weight excluding hydrogens is 143 g/mol. The average molecular weight is 162 g/mol. The minimum atomic E-state index is 0.465. The Kier molecular flexibility index (Phi) is 6.30.